The summed E-state index contributed by atoms with van der Waals surface area (Å²) in [5, 5.41) is 14.5. The standard InChI is InChI=1S/C17H31N7O/c1-4-15-22-21-13-23(15)12-10-20-17(18-3)19-9-8-16(25)24-11-6-5-7-14(24)2/h13-14H,4-12H2,1-3H3,(H2,18,19,20). The maximum absolute atomic E-state index is 12.3. The van der Waals surface area contributed by atoms with E-state index >= 15 is 0 Å². The summed E-state index contributed by atoms with van der Waals surface area (Å²) in [7, 11) is 1.74. The van der Waals surface area contributed by atoms with Gasteiger partial charge in [0, 0.05) is 52.1 Å². The average Bonchev–Trinajstić information content (AvgIpc) is 3.08. The van der Waals surface area contributed by atoms with Gasteiger partial charge in [0.25, 0.3) is 0 Å². The predicted molar refractivity (Wildman–Crippen MR) is 98.4 cm³/mol. The molecule has 2 N–H and O–H groups in total. The minimum Gasteiger partial charge on any atom is -0.356 e. The van der Waals surface area contributed by atoms with Crippen LogP contribution >= 0.6 is 0 Å². The van der Waals surface area contributed by atoms with Gasteiger partial charge >= 0.3 is 0 Å². The summed E-state index contributed by atoms with van der Waals surface area (Å²) in [5.41, 5.74) is 0. The van der Waals surface area contributed by atoms with Crippen LogP contribution in [0.3, 0.4) is 0 Å². The molecule has 140 valence electrons. The Hall–Kier alpha value is -2.12. The van der Waals surface area contributed by atoms with Gasteiger partial charge in [0.1, 0.15) is 12.2 Å². The summed E-state index contributed by atoms with van der Waals surface area (Å²) in [4.78, 5) is 18.5. The van der Waals surface area contributed by atoms with E-state index < -0.39 is 0 Å². The number of aryl methyl sites for hydroxylation is 1. The molecule has 0 spiro atoms. The normalized spacial score (nSPS) is 18.3. The number of hydrogen-bond donors (Lipinski definition) is 2. The van der Waals surface area contributed by atoms with Gasteiger partial charge in [-0.15, -0.1) is 10.2 Å². The van der Waals surface area contributed by atoms with E-state index in [0.29, 0.717) is 25.0 Å². The Morgan fingerprint density at radius 2 is 2.16 bits per heavy atom. The summed E-state index contributed by atoms with van der Waals surface area (Å²) >= 11 is 0. The molecule has 2 rings (SSSR count). The maximum Gasteiger partial charge on any atom is 0.224 e. The third kappa shape index (κ3) is 5.72. The molecule has 1 aliphatic heterocycles. The second-order valence-corrected chi connectivity index (χ2v) is 6.40. The Balaban J connectivity index is 1.67. The monoisotopic (exact) mass is 349 g/mol. The highest BCUT2D eigenvalue weighted by Crippen LogP contribution is 2.16. The fraction of sp³-hybridized carbons (Fsp3) is 0.765. The number of amides is 1. The molecule has 1 amide bonds. The number of carbonyl (C=O) groups excluding carboxylic acids is 1. The van der Waals surface area contributed by atoms with E-state index in [9.17, 15) is 4.79 Å². The van der Waals surface area contributed by atoms with Crippen LogP contribution < -0.4 is 10.6 Å². The molecule has 1 aromatic heterocycles. The number of aromatic nitrogens is 3. The largest absolute Gasteiger partial charge is 0.356 e. The van der Waals surface area contributed by atoms with Gasteiger partial charge in [0.05, 0.1) is 0 Å². The number of likely N-dealkylation sites (tertiary alicyclic amines) is 1. The highest BCUT2D eigenvalue weighted by Gasteiger charge is 2.22. The van der Waals surface area contributed by atoms with E-state index in [2.05, 4.69) is 39.7 Å². The molecule has 8 nitrogen and oxygen atoms in total. The fourth-order valence-electron chi connectivity index (χ4n) is 3.15. The first kappa shape index (κ1) is 19.2. The Labute approximate surface area is 150 Å². The van der Waals surface area contributed by atoms with Crippen LogP contribution in [0.5, 0.6) is 0 Å². The highest BCUT2D eigenvalue weighted by atomic mass is 16.2. The Morgan fingerprint density at radius 1 is 1.36 bits per heavy atom. The Kier molecular flexibility index (Phi) is 7.69. The first-order chi connectivity index (χ1) is 12.2. The lowest BCUT2D eigenvalue weighted by atomic mass is 10.0. The van der Waals surface area contributed by atoms with E-state index in [0.717, 1.165) is 44.7 Å². The van der Waals surface area contributed by atoms with Crippen molar-refractivity contribution in [1.82, 2.24) is 30.3 Å². The minimum atomic E-state index is 0.229. The molecule has 1 fully saturated rings. The molecular formula is C17H31N7O. The third-order valence-corrected chi connectivity index (χ3v) is 4.64. The molecule has 1 saturated heterocycles. The average molecular weight is 349 g/mol. The number of aliphatic imine (C=N–C) groups is 1. The Bertz CT molecular complexity index is 569. The Morgan fingerprint density at radius 3 is 2.88 bits per heavy atom. The van der Waals surface area contributed by atoms with Gasteiger partial charge in [0.2, 0.25) is 5.91 Å². The van der Waals surface area contributed by atoms with Crippen molar-refractivity contribution in [3.8, 4) is 0 Å². The molecule has 1 unspecified atom stereocenters. The number of nitrogens with one attached hydrogen (secondary N) is 2. The van der Waals surface area contributed by atoms with Crippen molar-refractivity contribution < 1.29 is 4.79 Å². The van der Waals surface area contributed by atoms with Crippen LogP contribution in [0, 0.1) is 0 Å². The minimum absolute atomic E-state index is 0.229. The smallest absolute Gasteiger partial charge is 0.224 e. The summed E-state index contributed by atoms with van der Waals surface area (Å²) in [6.45, 7) is 7.19. The SMILES string of the molecule is CCc1nncn1CCNC(=NC)NCCC(=O)N1CCCCC1C. The van der Waals surface area contributed by atoms with Crippen molar-refractivity contribution in [2.75, 3.05) is 26.7 Å². The summed E-state index contributed by atoms with van der Waals surface area (Å²) in [6.07, 6.45) is 6.57. The number of carbonyl (C=O) groups is 1. The zero-order valence-corrected chi connectivity index (χ0v) is 15.7. The molecule has 25 heavy (non-hydrogen) atoms. The van der Waals surface area contributed by atoms with Gasteiger partial charge in [0.15, 0.2) is 5.96 Å². The number of piperidine rings is 1. The van der Waals surface area contributed by atoms with Crippen molar-refractivity contribution >= 4 is 11.9 Å². The van der Waals surface area contributed by atoms with Crippen LogP contribution in [0.4, 0.5) is 0 Å². The van der Waals surface area contributed by atoms with E-state index in [1.54, 1.807) is 13.4 Å². The van der Waals surface area contributed by atoms with Gasteiger partial charge in [-0.2, -0.15) is 0 Å². The summed E-state index contributed by atoms with van der Waals surface area (Å²) in [6, 6.07) is 0.371. The van der Waals surface area contributed by atoms with E-state index in [1.165, 1.54) is 6.42 Å². The molecule has 1 aliphatic rings. The van der Waals surface area contributed by atoms with Crippen molar-refractivity contribution in [2.45, 2.75) is 58.5 Å². The van der Waals surface area contributed by atoms with Crippen molar-refractivity contribution in [3.63, 3.8) is 0 Å². The van der Waals surface area contributed by atoms with Gasteiger partial charge in [-0.25, -0.2) is 0 Å². The highest BCUT2D eigenvalue weighted by molar-refractivity contribution is 5.81. The third-order valence-electron chi connectivity index (χ3n) is 4.64. The van der Waals surface area contributed by atoms with Crippen LogP contribution in [0.2, 0.25) is 0 Å². The number of rotatable bonds is 7. The lowest BCUT2D eigenvalue weighted by molar-refractivity contribution is -0.134. The lowest BCUT2D eigenvalue weighted by Gasteiger charge is -2.33. The van der Waals surface area contributed by atoms with Crippen LogP contribution in [-0.2, 0) is 17.8 Å². The molecule has 2 heterocycles. The molecular weight excluding hydrogens is 318 g/mol. The van der Waals surface area contributed by atoms with Crippen molar-refractivity contribution in [1.29, 1.82) is 0 Å². The molecule has 0 bridgehead atoms. The van der Waals surface area contributed by atoms with Crippen molar-refractivity contribution in [2.24, 2.45) is 4.99 Å². The zero-order chi connectivity index (χ0) is 18.1. The second-order valence-electron chi connectivity index (χ2n) is 6.40. The van der Waals surface area contributed by atoms with Gasteiger partial charge in [-0.3, -0.25) is 9.79 Å². The first-order valence-corrected chi connectivity index (χ1v) is 9.26. The molecule has 0 saturated carbocycles. The molecule has 0 radical (unpaired) electrons. The van der Waals surface area contributed by atoms with E-state index in [-0.39, 0.29) is 5.91 Å². The fourth-order valence-corrected chi connectivity index (χ4v) is 3.15. The molecule has 1 atom stereocenters. The molecule has 8 heteroatoms. The van der Waals surface area contributed by atoms with E-state index in [1.807, 2.05) is 9.47 Å². The molecule has 0 aromatic carbocycles. The lowest BCUT2D eigenvalue weighted by Crippen LogP contribution is -2.44. The summed E-state index contributed by atoms with van der Waals surface area (Å²) in [5.74, 6) is 1.92. The molecule has 1 aromatic rings. The summed E-state index contributed by atoms with van der Waals surface area (Å²) < 4.78 is 2.03. The van der Waals surface area contributed by atoms with Gasteiger partial charge < -0.3 is 20.1 Å². The molecule has 0 aliphatic carbocycles. The van der Waals surface area contributed by atoms with Crippen LogP contribution in [0.1, 0.15) is 45.4 Å². The number of guanidine groups is 1. The predicted octanol–water partition coefficient (Wildman–Crippen LogP) is 0.797. The van der Waals surface area contributed by atoms with Gasteiger partial charge in [-0.1, -0.05) is 6.92 Å². The van der Waals surface area contributed by atoms with Crippen LogP contribution in [0.15, 0.2) is 11.3 Å². The maximum atomic E-state index is 12.3. The van der Waals surface area contributed by atoms with E-state index in [4.69, 9.17) is 0 Å². The van der Waals surface area contributed by atoms with Crippen LogP contribution in [-0.4, -0.2) is 64.3 Å². The number of nitrogens with zero attached hydrogens (tertiary/aromatic N) is 5. The number of hydrogen-bond acceptors (Lipinski definition) is 4. The first-order valence-electron chi connectivity index (χ1n) is 9.26. The topological polar surface area (TPSA) is 87.4 Å². The zero-order valence-electron chi connectivity index (χ0n) is 15.7. The van der Waals surface area contributed by atoms with Gasteiger partial charge in [-0.05, 0) is 26.2 Å². The second kappa shape index (κ2) is 10.0. The van der Waals surface area contributed by atoms with Crippen molar-refractivity contribution in [3.05, 3.63) is 12.2 Å². The van der Waals surface area contributed by atoms with Crippen LogP contribution in [0.25, 0.3) is 0 Å². The quantitative estimate of drug-likeness (QED) is 0.561.